The first kappa shape index (κ1) is 12.6. The van der Waals surface area contributed by atoms with Crippen LogP contribution in [0.4, 0.5) is 0 Å². The van der Waals surface area contributed by atoms with Gasteiger partial charge in [-0.05, 0) is 37.1 Å². The maximum absolute atomic E-state index is 10.3. The number of imidazole rings is 1. The van der Waals surface area contributed by atoms with Gasteiger partial charge in [0.1, 0.15) is 11.9 Å². The number of methoxy groups -OCH3 is 1. The molecule has 0 bridgehead atoms. The van der Waals surface area contributed by atoms with E-state index in [1.54, 1.807) is 19.6 Å². The molecular weight excluding hydrogens is 228 g/mol. The van der Waals surface area contributed by atoms with Crippen molar-refractivity contribution in [2.24, 2.45) is 0 Å². The van der Waals surface area contributed by atoms with Crippen LogP contribution in [0.3, 0.4) is 0 Å². The summed E-state index contributed by atoms with van der Waals surface area (Å²) >= 11 is 0. The number of aromatic nitrogens is 2. The summed E-state index contributed by atoms with van der Waals surface area (Å²) in [5, 5.41) is 10.3. The zero-order chi connectivity index (χ0) is 13.1. The average Bonchev–Trinajstić information content (AvgIpc) is 2.84. The largest absolute Gasteiger partial charge is 0.496 e. The molecule has 0 radical (unpaired) electrons. The Hall–Kier alpha value is -1.81. The fourth-order valence-electron chi connectivity index (χ4n) is 1.94. The highest BCUT2D eigenvalue weighted by Gasteiger charge is 2.15. The first-order valence-electron chi connectivity index (χ1n) is 5.90. The number of hydrogen-bond donors (Lipinski definition) is 1. The van der Waals surface area contributed by atoms with Crippen molar-refractivity contribution in [2.45, 2.75) is 26.5 Å². The van der Waals surface area contributed by atoms with Crippen LogP contribution in [0.25, 0.3) is 0 Å². The van der Waals surface area contributed by atoms with Crippen LogP contribution in [0, 0.1) is 13.8 Å². The van der Waals surface area contributed by atoms with Crippen LogP contribution in [0.1, 0.15) is 22.8 Å². The molecule has 1 N–H and O–H groups in total. The Morgan fingerprint density at radius 3 is 2.67 bits per heavy atom. The lowest BCUT2D eigenvalue weighted by molar-refractivity contribution is 0.152. The fraction of sp³-hybridized carbons (Fsp3) is 0.357. The Morgan fingerprint density at radius 1 is 1.33 bits per heavy atom. The number of aliphatic hydroxyl groups excluding tert-OH is 1. The molecule has 18 heavy (non-hydrogen) atoms. The maximum atomic E-state index is 10.3. The summed E-state index contributed by atoms with van der Waals surface area (Å²) in [6.07, 6.45) is 4.62. The van der Waals surface area contributed by atoms with Crippen LogP contribution >= 0.6 is 0 Å². The van der Waals surface area contributed by atoms with Gasteiger partial charge in [0.2, 0.25) is 0 Å². The normalized spacial score (nSPS) is 12.4. The predicted octanol–water partition coefficient (Wildman–Crippen LogP) is 2.24. The lowest BCUT2D eigenvalue weighted by atomic mass is 10.0. The Balaban J connectivity index is 2.28. The van der Waals surface area contributed by atoms with E-state index in [9.17, 15) is 5.11 Å². The highest BCUT2D eigenvalue weighted by atomic mass is 16.5. The zero-order valence-corrected chi connectivity index (χ0v) is 10.9. The maximum Gasteiger partial charge on any atom is 0.125 e. The third kappa shape index (κ3) is 2.54. The van der Waals surface area contributed by atoms with Gasteiger partial charge in [0.25, 0.3) is 0 Å². The zero-order valence-electron chi connectivity index (χ0n) is 10.9. The molecule has 0 amide bonds. The second kappa shape index (κ2) is 5.23. The first-order chi connectivity index (χ1) is 8.61. The summed E-state index contributed by atoms with van der Waals surface area (Å²) in [5.41, 5.74) is 3.12. The molecule has 1 unspecified atom stereocenters. The van der Waals surface area contributed by atoms with Gasteiger partial charge in [0.15, 0.2) is 0 Å². The van der Waals surface area contributed by atoms with Gasteiger partial charge in [-0.3, -0.25) is 0 Å². The summed E-state index contributed by atoms with van der Waals surface area (Å²) in [7, 11) is 1.62. The van der Waals surface area contributed by atoms with Gasteiger partial charge in [-0.25, -0.2) is 4.98 Å². The van der Waals surface area contributed by atoms with Crippen LogP contribution in [0.2, 0.25) is 0 Å². The molecule has 96 valence electrons. The Morgan fingerprint density at radius 2 is 2.06 bits per heavy atom. The van der Waals surface area contributed by atoms with E-state index < -0.39 is 6.10 Å². The van der Waals surface area contributed by atoms with E-state index >= 15 is 0 Å². The average molecular weight is 246 g/mol. The second-order valence-electron chi connectivity index (χ2n) is 4.45. The van der Waals surface area contributed by atoms with Crippen LogP contribution in [-0.4, -0.2) is 21.8 Å². The lowest BCUT2D eigenvalue weighted by Crippen LogP contribution is -2.09. The van der Waals surface area contributed by atoms with Gasteiger partial charge in [0, 0.05) is 18.0 Å². The quantitative estimate of drug-likeness (QED) is 0.900. The lowest BCUT2D eigenvalue weighted by Gasteiger charge is -2.17. The van der Waals surface area contributed by atoms with Crippen LogP contribution in [-0.2, 0) is 6.54 Å². The van der Waals surface area contributed by atoms with Gasteiger partial charge in [-0.2, -0.15) is 0 Å². The third-order valence-electron chi connectivity index (χ3n) is 3.15. The Kier molecular flexibility index (Phi) is 3.67. The van der Waals surface area contributed by atoms with Crippen molar-refractivity contribution in [2.75, 3.05) is 7.11 Å². The molecule has 2 aromatic rings. The van der Waals surface area contributed by atoms with E-state index in [4.69, 9.17) is 4.74 Å². The molecule has 1 aromatic heterocycles. The van der Waals surface area contributed by atoms with Gasteiger partial charge >= 0.3 is 0 Å². The standard InChI is InChI=1S/C14H18N2O2/c1-10-6-12(14(18-3)7-11(10)2)13(17)8-16-5-4-15-9-16/h4-7,9,13,17H,8H2,1-3H3. The van der Waals surface area contributed by atoms with E-state index in [1.807, 2.05) is 36.7 Å². The molecule has 0 aliphatic rings. The molecular formula is C14H18N2O2. The van der Waals surface area contributed by atoms with E-state index in [0.717, 1.165) is 22.4 Å². The number of aryl methyl sites for hydroxylation is 2. The number of aliphatic hydroxyl groups is 1. The number of benzene rings is 1. The van der Waals surface area contributed by atoms with Crippen molar-refractivity contribution in [3.63, 3.8) is 0 Å². The van der Waals surface area contributed by atoms with Crippen molar-refractivity contribution in [1.82, 2.24) is 9.55 Å². The molecule has 4 nitrogen and oxygen atoms in total. The van der Waals surface area contributed by atoms with Crippen molar-refractivity contribution >= 4 is 0 Å². The molecule has 1 heterocycles. The molecule has 4 heteroatoms. The summed E-state index contributed by atoms with van der Waals surface area (Å²) in [4.78, 5) is 3.96. The Labute approximate surface area is 107 Å². The molecule has 0 saturated heterocycles. The first-order valence-corrected chi connectivity index (χ1v) is 5.90. The molecule has 0 aliphatic heterocycles. The number of ether oxygens (including phenoxy) is 1. The predicted molar refractivity (Wildman–Crippen MR) is 69.7 cm³/mol. The molecule has 2 rings (SSSR count). The summed E-state index contributed by atoms with van der Waals surface area (Å²) in [6, 6.07) is 3.94. The van der Waals surface area contributed by atoms with E-state index in [-0.39, 0.29) is 0 Å². The van der Waals surface area contributed by atoms with Gasteiger partial charge in [-0.1, -0.05) is 0 Å². The van der Waals surface area contributed by atoms with E-state index in [2.05, 4.69) is 4.98 Å². The van der Waals surface area contributed by atoms with Gasteiger partial charge < -0.3 is 14.4 Å². The minimum atomic E-state index is -0.603. The van der Waals surface area contributed by atoms with Crippen LogP contribution in [0.5, 0.6) is 5.75 Å². The third-order valence-corrected chi connectivity index (χ3v) is 3.15. The summed E-state index contributed by atoms with van der Waals surface area (Å²) < 4.78 is 7.18. The SMILES string of the molecule is COc1cc(C)c(C)cc1C(O)Cn1ccnc1. The summed E-state index contributed by atoms with van der Waals surface area (Å²) in [5.74, 6) is 0.728. The monoisotopic (exact) mass is 246 g/mol. The fourth-order valence-corrected chi connectivity index (χ4v) is 1.94. The van der Waals surface area contributed by atoms with Crippen LogP contribution in [0.15, 0.2) is 30.9 Å². The highest BCUT2D eigenvalue weighted by molar-refractivity contribution is 5.42. The van der Waals surface area contributed by atoms with Crippen molar-refractivity contribution < 1.29 is 9.84 Å². The minimum Gasteiger partial charge on any atom is -0.496 e. The molecule has 0 fully saturated rings. The molecule has 0 aliphatic carbocycles. The molecule has 0 saturated carbocycles. The molecule has 1 aromatic carbocycles. The molecule has 1 atom stereocenters. The number of hydrogen-bond acceptors (Lipinski definition) is 3. The van der Waals surface area contributed by atoms with Crippen molar-refractivity contribution in [3.8, 4) is 5.75 Å². The summed E-state index contributed by atoms with van der Waals surface area (Å²) in [6.45, 7) is 4.53. The van der Waals surface area contributed by atoms with Crippen LogP contribution < -0.4 is 4.74 Å². The topological polar surface area (TPSA) is 47.3 Å². The van der Waals surface area contributed by atoms with E-state index in [1.165, 1.54) is 0 Å². The van der Waals surface area contributed by atoms with Crippen molar-refractivity contribution in [3.05, 3.63) is 47.5 Å². The number of rotatable bonds is 4. The van der Waals surface area contributed by atoms with Gasteiger partial charge in [-0.15, -0.1) is 0 Å². The van der Waals surface area contributed by atoms with Gasteiger partial charge in [0.05, 0.1) is 20.0 Å². The van der Waals surface area contributed by atoms with Crippen molar-refractivity contribution in [1.29, 1.82) is 0 Å². The molecule has 0 spiro atoms. The number of nitrogens with zero attached hydrogens (tertiary/aromatic N) is 2. The second-order valence-corrected chi connectivity index (χ2v) is 4.45. The minimum absolute atomic E-state index is 0.471. The Bertz CT molecular complexity index is 521. The van der Waals surface area contributed by atoms with E-state index in [0.29, 0.717) is 6.54 Å². The highest BCUT2D eigenvalue weighted by Crippen LogP contribution is 2.29. The smallest absolute Gasteiger partial charge is 0.125 e.